The number of nitrogens with zero attached hydrogens (tertiary/aromatic N) is 7. The van der Waals surface area contributed by atoms with Crippen LogP contribution in [0.2, 0.25) is 10.0 Å². The Morgan fingerprint density at radius 1 is 1.02 bits per heavy atom. The molecule has 2 bridgehead atoms. The van der Waals surface area contributed by atoms with E-state index in [1.165, 1.54) is 0 Å². The monoisotopic (exact) mass is 753 g/mol. The number of ether oxygens (including phenoxy) is 1. The Kier molecular flexibility index (Phi) is 9.31. The summed E-state index contributed by atoms with van der Waals surface area (Å²) >= 11 is 12.5. The molecule has 51 heavy (non-hydrogen) atoms. The number of carbonyl (C=O) groups is 2. The van der Waals surface area contributed by atoms with Gasteiger partial charge in [-0.1, -0.05) is 46.1 Å². The predicted octanol–water partition coefficient (Wildman–Crippen LogP) is 5.22. The van der Waals surface area contributed by atoms with Crippen molar-refractivity contribution in [1.82, 2.24) is 34.0 Å². The van der Waals surface area contributed by atoms with Crippen LogP contribution in [0.1, 0.15) is 60.8 Å². The van der Waals surface area contributed by atoms with Crippen LogP contribution in [-0.4, -0.2) is 86.6 Å². The van der Waals surface area contributed by atoms with Gasteiger partial charge < -0.3 is 9.64 Å². The van der Waals surface area contributed by atoms with E-state index in [1.807, 2.05) is 39.1 Å². The molecule has 0 unspecified atom stereocenters. The van der Waals surface area contributed by atoms with Gasteiger partial charge in [0.05, 0.1) is 51.0 Å². The maximum Gasteiger partial charge on any atom is 0.312 e. The lowest BCUT2D eigenvalue weighted by Crippen LogP contribution is -2.48. The van der Waals surface area contributed by atoms with Crippen LogP contribution in [0.4, 0.5) is 0 Å². The Bertz CT molecular complexity index is 2100. The molecular weight excluding hydrogens is 713 g/mol. The molecule has 1 amide bonds. The summed E-state index contributed by atoms with van der Waals surface area (Å²) in [5.41, 5.74) is 3.38. The van der Waals surface area contributed by atoms with Gasteiger partial charge in [-0.3, -0.25) is 9.59 Å². The zero-order valence-corrected chi connectivity index (χ0v) is 31.4. The number of carbonyl (C=O) groups excluding carboxylic acids is 2. The van der Waals surface area contributed by atoms with Gasteiger partial charge in [0.1, 0.15) is 0 Å². The quantitative estimate of drug-likeness (QED) is 0.202. The Morgan fingerprint density at radius 3 is 2.39 bits per heavy atom. The summed E-state index contributed by atoms with van der Waals surface area (Å²) < 4.78 is 37.7. The summed E-state index contributed by atoms with van der Waals surface area (Å²) in [5.74, 6) is -0.353. The van der Waals surface area contributed by atoms with Gasteiger partial charge in [-0.15, -0.1) is 5.10 Å². The highest BCUT2D eigenvalue weighted by molar-refractivity contribution is 7.89. The minimum Gasteiger partial charge on any atom is -0.466 e. The van der Waals surface area contributed by atoms with Gasteiger partial charge in [0.15, 0.2) is 0 Å². The molecule has 270 valence electrons. The number of hydrogen-bond acceptors (Lipinski definition) is 8. The number of amides is 1. The number of halogens is 2. The molecule has 8 rings (SSSR count). The number of piperidine rings is 1. The predicted molar refractivity (Wildman–Crippen MR) is 191 cm³/mol. The molecule has 4 aromatic rings. The number of hydrogen-bond donors (Lipinski definition) is 0. The second-order valence-electron chi connectivity index (χ2n) is 14.2. The molecule has 15 heteroatoms. The first kappa shape index (κ1) is 35.6. The highest BCUT2D eigenvalue weighted by Gasteiger charge is 2.61. The largest absolute Gasteiger partial charge is 0.466 e. The Morgan fingerprint density at radius 2 is 1.73 bits per heavy atom. The fraction of sp³-hybridized carbons (Fsp3) is 0.472. The summed E-state index contributed by atoms with van der Waals surface area (Å²) in [5, 5.41) is 14.6. The molecular formula is C36H41Cl2N7O5S. The van der Waals surface area contributed by atoms with Gasteiger partial charge in [-0.2, -0.15) is 9.40 Å². The van der Waals surface area contributed by atoms with Crippen LogP contribution in [0, 0.1) is 26.2 Å². The van der Waals surface area contributed by atoms with Gasteiger partial charge in [-0.05, 0) is 83.7 Å². The van der Waals surface area contributed by atoms with Crippen molar-refractivity contribution < 1.29 is 22.7 Å². The molecule has 5 heterocycles. The summed E-state index contributed by atoms with van der Waals surface area (Å²) in [6.07, 6.45) is 4.48. The number of likely N-dealkylation sites (tertiary alicyclic amines) is 1. The SMILES string of the molecule is CCOC(=O)C1(Cc2cn(C34CC(C3)N(S(=O)(=O)c3ccc(C)cc3)C4)nn2)CCN(C(=O)Cc2c(C)nn(-c3ccc(Cl)cc3Cl)c2C)CC1. The van der Waals surface area contributed by atoms with Crippen molar-refractivity contribution in [1.29, 1.82) is 0 Å². The van der Waals surface area contributed by atoms with Crippen LogP contribution in [0.25, 0.3) is 5.69 Å². The molecule has 4 aliphatic rings. The van der Waals surface area contributed by atoms with E-state index in [4.69, 9.17) is 27.9 Å². The summed E-state index contributed by atoms with van der Waals surface area (Å²) in [6, 6.07) is 12.1. The number of sulfonamides is 1. The van der Waals surface area contributed by atoms with Crippen molar-refractivity contribution in [3.05, 3.63) is 86.9 Å². The van der Waals surface area contributed by atoms with Crippen molar-refractivity contribution in [3.8, 4) is 5.69 Å². The second kappa shape index (κ2) is 13.3. The molecule has 1 saturated carbocycles. The second-order valence-corrected chi connectivity index (χ2v) is 16.9. The first-order valence-corrected chi connectivity index (χ1v) is 19.4. The molecule has 1 aliphatic carbocycles. The third-order valence-electron chi connectivity index (χ3n) is 11.0. The van der Waals surface area contributed by atoms with E-state index in [1.54, 1.807) is 55.8 Å². The number of benzene rings is 2. The fourth-order valence-corrected chi connectivity index (χ4v) is 10.1. The number of esters is 1. The standard InChI is InChI=1S/C36H41Cl2N7O5S/c1-5-50-34(47)35(12-14-42(15-13-35)33(46)17-30-24(3)40-45(25(30)4)32-11-8-26(37)16-31(32)38)18-27-21-44(41-39-27)36-19-28(20-36)43(22-36)51(48,49)29-9-6-23(2)7-10-29/h6-11,16,21,28H,5,12-15,17-20,22H2,1-4H3. The van der Waals surface area contributed by atoms with Crippen molar-refractivity contribution in [2.24, 2.45) is 5.41 Å². The summed E-state index contributed by atoms with van der Waals surface area (Å²) in [6.45, 7) is 8.84. The minimum absolute atomic E-state index is 0.0450. The molecule has 2 aromatic carbocycles. The first-order chi connectivity index (χ1) is 24.2. The molecule has 4 fully saturated rings. The van der Waals surface area contributed by atoms with Crippen LogP contribution in [-0.2, 0) is 42.7 Å². The van der Waals surface area contributed by atoms with Gasteiger partial charge in [0, 0.05) is 54.6 Å². The van der Waals surface area contributed by atoms with E-state index in [-0.39, 0.29) is 30.9 Å². The zero-order chi connectivity index (χ0) is 36.3. The molecule has 0 atom stereocenters. The topological polar surface area (TPSA) is 133 Å². The molecule has 12 nitrogen and oxygen atoms in total. The number of fused-ring (bicyclic) bond motifs is 1. The van der Waals surface area contributed by atoms with Crippen LogP contribution < -0.4 is 0 Å². The first-order valence-electron chi connectivity index (χ1n) is 17.2. The third-order valence-corrected chi connectivity index (χ3v) is 13.4. The highest BCUT2D eigenvalue weighted by Crippen LogP contribution is 2.52. The molecule has 0 radical (unpaired) electrons. The average molecular weight is 755 g/mol. The maximum absolute atomic E-state index is 13.6. The van der Waals surface area contributed by atoms with E-state index in [9.17, 15) is 18.0 Å². The van der Waals surface area contributed by atoms with Crippen molar-refractivity contribution in [2.75, 3.05) is 26.2 Å². The van der Waals surface area contributed by atoms with E-state index < -0.39 is 21.0 Å². The van der Waals surface area contributed by atoms with Gasteiger partial charge in [-0.25, -0.2) is 17.8 Å². The van der Waals surface area contributed by atoms with Crippen LogP contribution in [0.3, 0.4) is 0 Å². The lowest BCUT2D eigenvalue weighted by atomic mass is 9.74. The molecule has 3 saturated heterocycles. The van der Waals surface area contributed by atoms with Crippen LogP contribution in [0.15, 0.2) is 53.6 Å². The molecule has 0 spiro atoms. The van der Waals surface area contributed by atoms with E-state index in [0.29, 0.717) is 78.1 Å². The number of aryl methyl sites for hydroxylation is 2. The Labute approximate surface area is 307 Å². The van der Waals surface area contributed by atoms with E-state index >= 15 is 0 Å². The normalized spacial score (nSPS) is 21.5. The van der Waals surface area contributed by atoms with Crippen LogP contribution >= 0.6 is 23.2 Å². The van der Waals surface area contributed by atoms with Crippen molar-refractivity contribution >= 4 is 45.1 Å². The molecule has 3 aliphatic heterocycles. The van der Waals surface area contributed by atoms with Crippen LogP contribution in [0.5, 0.6) is 0 Å². The van der Waals surface area contributed by atoms with Gasteiger partial charge >= 0.3 is 5.97 Å². The Hall–Kier alpha value is -3.78. The maximum atomic E-state index is 13.6. The Balaban J connectivity index is 1.03. The van der Waals surface area contributed by atoms with E-state index in [0.717, 1.165) is 22.5 Å². The smallest absolute Gasteiger partial charge is 0.312 e. The molecule has 0 N–H and O–H groups in total. The zero-order valence-electron chi connectivity index (χ0n) is 29.1. The minimum atomic E-state index is -3.64. The lowest BCUT2D eigenvalue weighted by molar-refractivity contribution is -0.160. The number of rotatable bonds is 10. The van der Waals surface area contributed by atoms with Crippen molar-refractivity contribution in [3.63, 3.8) is 0 Å². The fourth-order valence-electron chi connectivity index (χ4n) is 7.92. The summed E-state index contributed by atoms with van der Waals surface area (Å²) in [4.78, 5) is 29.3. The van der Waals surface area contributed by atoms with Gasteiger partial charge in [0.25, 0.3) is 0 Å². The number of aromatic nitrogens is 5. The summed E-state index contributed by atoms with van der Waals surface area (Å²) in [7, 11) is -3.64. The highest BCUT2D eigenvalue weighted by atomic mass is 35.5. The lowest BCUT2D eigenvalue weighted by Gasteiger charge is -2.39. The molecule has 2 aromatic heterocycles. The van der Waals surface area contributed by atoms with Gasteiger partial charge in [0.2, 0.25) is 15.9 Å². The average Bonchev–Trinajstić information content (AvgIpc) is 3.86. The van der Waals surface area contributed by atoms with E-state index in [2.05, 4.69) is 15.4 Å². The third kappa shape index (κ3) is 6.36. The van der Waals surface area contributed by atoms with Crippen molar-refractivity contribution in [2.45, 2.75) is 82.7 Å².